The van der Waals surface area contributed by atoms with Gasteiger partial charge in [0.15, 0.2) is 0 Å². The second-order valence-electron chi connectivity index (χ2n) is 6.16. The summed E-state index contributed by atoms with van der Waals surface area (Å²) in [6, 6.07) is 11.0. The lowest BCUT2D eigenvalue weighted by Crippen LogP contribution is -2.32. The Bertz CT molecular complexity index is 731. The molecule has 2 aromatic carbocycles. The molecule has 0 bridgehead atoms. The monoisotopic (exact) mass is 315 g/mol. The Morgan fingerprint density at radius 2 is 1.70 bits per heavy atom. The second kappa shape index (κ2) is 6.69. The molecule has 1 amide bonds. The van der Waals surface area contributed by atoms with Gasteiger partial charge in [0.1, 0.15) is 5.60 Å². The average Bonchev–Trinajstić information content (AvgIpc) is 2.50. The topological polar surface area (TPSA) is 64.6 Å². The van der Waals surface area contributed by atoms with Gasteiger partial charge in [-0.25, -0.2) is 9.59 Å². The number of fused-ring (bicyclic) bond motifs is 1. The molecule has 0 aliphatic carbocycles. The van der Waals surface area contributed by atoms with Crippen molar-refractivity contribution >= 4 is 22.8 Å². The summed E-state index contributed by atoms with van der Waals surface area (Å²) in [6.07, 6.45) is -0.473. The highest BCUT2D eigenvalue weighted by Gasteiger charge is 2.17. The van der Waals surface area contributed by atoms with Crippen LogP contribution in [0, 0.1) is 0 Å². The summed E-state index contributed by atoms with van der Waals surface area (Å²) in [6.45, 7) is 5.75. The molecule has 2 rings (SSSR count). The van der Waals surface area contributed by atoms with Crippen LogP contribution in [0.15, 0.2) is 36.4 Å². The van der Waals surface area contributed by atoms with Crippen LogP contribution in [0.2, 0.25) is 0 Å². The molecule has 0 saturated heterocycles. The Labute approximate surface area is 135 Å². The van der Waals surface area contributed by atoms with Crippen LogP contribution >= 0.6 is 0 Å². The van der Waals surface area contributed by atoms with Crippen LogP contribution in [0.3, 0.4) is 0 Å². The molecule has 122 valence electrons. The number of carbonyl (C=O) groups excluding carboxylic acids is 2. The van der Waals surface area contributed by atoms with Gasteiger partial charge in [0.25, 0.3) is 0 Å². The largest absolute Gasteiger partial charge is 0.465 e. The highest BCUT2D eigenvalue weighted by atomic mass is 16.6. The van der Waals surface area contributed by atoms with E-state index < -0.39 is 11.7 Å². The van der Waals surface area contributed by atoms with Gasteiger partial charge in [0.05, 0.1) is 12.7 Å². The third kappa shape index (κ3) is 4.22. The third-order valence-corrected chi connectivity index (χ3v) is 3.24. The Hall–Kier alpha value is -2.56. The van der Waals surface area contributed by atoms with Crippen molar-refractivity contribution in [2.24, 2.45) is 0 Å². The molecule has 0 atom stereocenters. The summed E-state index contributed by atoms with van der Waals surface area (Å²) in [7, 11) is 1.36. The predicted molar refractivity (Wildman–Crippen MR) is 88.4 cm³/mol. The minimum Gasteiger partial charge on any atom is -0.465 e. The molecule has 2 aromatic rings. The first kappa shape index (κ1) is 16.8. The molecule has 0 spiro atoms. The number of hydrogen-bond donors (Lipinski definition) is 1. The zero-order valence-electron chi connectivity index (χ0n) is 13.8. The van der Waals surface area contributed by atoms with Crippen molar-refractivity contribution in [1.29, 1.82) is 0 Å². The summed E-state index contributed by atoms with van der Waals surface area (Å²) in [4.78, 5) is 23.6. The maximum absolute atomic E-state index is 11.8. The Balaban J connectivity index is 2.26. The van der Waals surface area contributed by atoms with E-state index in [1.165, 1.54) is 7.11 Å². The Morgan fingerprint density at radius 1 is 1.04 bits per heavy atom. The van der Waals surface area contributed by atoms with Crippen LogP contribution in [0.1, 0.15) is 36.7 Å². The van der Waals surface area contributed by atoms with E-state index in [4.69, 9.17) is 9.47 Å². The van der Waals surface area contributed by atoms with Gasteiger partial charge >= 0.3 is 12.1 Å². The molecule has 0 heterocycles. The van der Waals surface area contributed by atoms with Gasteiger partial charge in [-0.05, 0) is 43.2 Å². The minimum absolute atomic E-state index is 0.316. The van der Waals surface area contributed by atoms with Crippen molar-refractivity contribution < 1.29 is 19.1 Å². The number of hydrogen-bond acceptors (Lipinski definition) is 4. The maximum atomic E-state index is 11.8. The number of alkyl carbamates (subject to hydrolysis) is 1. The van der Waals surface area contributed by atoms with Gasteiger partial charge in [-0.3, -0.25) is 0 Å². The SMILES string of the molecule is COC(=O)c1ccc(CNC(=O)OC(C)(C)C)c2ccccc12. The quantitative estimate of drug-likeness (QED) is 0.878. The number of carbonyl (C=O) groups is 2. The van der Waals surface area contributed by atoms with Gasteiger partial charge < -0.3 is 14.8 Å². The first-order valence-electron chi connectivity index (χ1n) is 7.37. The van der Waals surface area contributed by atoms with Crippen molar-refractivity contribution in [3.05, 3.63) is 47.5 Å². The first-order chi connectivity index (χ1) is 10.8. The van der Waals surface area contributed by atoms with Crippen molar-refractivity contribution in [1.82, 2.24) is 5.32 Å². The van der Waals surface area contributed by atoms with Gasteiger partial charge in [-0.15, -0.1) is 0 Å². The molecule has 0 saturated carbocycles. The highest BCUT2D eigenvalue weighted by molar-refractivity contribution is 6.05. The second-order valence-corrected chi connectivity index (χ2v) is 6.16. The van der Waals surface area contributed by atoms with Crippen LogP contribution in [0.5, 0.6) is 0 Å². The van der Waals surface area contributed by atoms with Crippen molar-refractivity contribution in [2.75, 3.05) is 7.11 Å². The maximum Gasteiger partial charge on any atom is 0.407 e. The van der Waals surface area contributed by atoms with Crippen molar-refractivity contribution in [3.8, 4) is 0 Å². The van der Waals surface area contributed by atoms with E-state index in [0.717, 1.165) is 16.3 Å². The van der Waals surface area contributed by atoms with E-state index in [1.807, 2.05) is 51.1 Å². The fourth-order valence-electron chi connectivity index (χ4n) is 2.29. The fraction of sp³-hybridized carbons (Fsp3) is 0.333. The molecule has 0 aliphatic rings. The fourth-order valence-corrected chi connectivity index (χ4v) is 2.29. The van der Waals surface area contributed by atoms with Gasteiger partial charge in [-0.2, -0.15) is 0 Å². The zero-order valence-corrected chi connectivity index (χ0v) is 13.8. The molecular weight excluding hydrogens is 294 g/mol. The molecule has 5 heteroatoms. The Morgan fingerprint density at radius 3 is 2.30 bits per heavy atom. The highest BCUT2D eigenvalue weighted by Crippen LogP contribution is 2.23. The van der Waals surface area contributed by atoms with Gasteiger partial charge in [-0.1, -0.05) is 30.3 Å². The van der Waals surface area contributed by atoms with Crippen LogP contribution < -0.4 is 5.32 Å². The molecule has 0 aliphatic heterocycles. The first-order valence-corrected chi connectivity index (χ1v) is 7.37. The lowest BCUT2D eigenvalue weighted by molar-refractivity contribution is 0.0522. The van der Waals surface area contributed by atoms with E-state index in [0.29, 0.717) is 12.1 Å². The van der Waals surface area contributed by atoms with E-state index in [9.17, 15) is 9.59 Å². The minimum atomic E-state index is -0.541. The molecule has 5 nitrogen and oxygen atoms in total. The van der Waals surface area contributed by atoms with Crippen LogP contribution in [-0.4, -0.2) is 24.8 Å². The third-order valence-electron chi connectivity index (χ3n) is 3.24. The van der Waals surface area contributed by atoms with Gasteiger partial charge in [0, 0.05) is 6.54 Å². The normalized spacial score (nSPS) is 11.1. The molecule has 1 N–H and O–H groups in total. The molecule has 0 aromatic heterocycles. The summed E-state index contributed by atoms with van der Waals surface area (Å²) >= 11 is 0. The average molecular weight is 315 g/mol. The smallest absolute Gasteiger partial charge is 0.407 e. The summed E-state index contributed by atoms with van der Waals surface area (Å²) in [5, 5.41) is 4.42. The lowest BCUT2D eigenvalue weighted by atomic mass is 9.99. The van der Waals surface area contributed by atoms with Crippen LogP contribution in [0.4, 0.5) is 4.79 Å². The number of methoxy groups -OCH3 is 1. The summed E-state index contributed by atoms with van der Waals surface area (Å²) < 4.78 is 10.0. The molecule has 0 unspecified atom stereocenters. The van der Waals surface area contributed by atoms with Crippen molar-refractivity contribution in [3.63, 3.8) is 0 Å². The predicted octanol–water partition coefficient (Wildman–Crippen LogP) is 3.65. The number of ether oxygens (including phenoxy) is 2. The number of rotatable bonds is 3. The Kier molecular flexibility index (Phi) is 4.89. The molecule has 23 heavy (non-hydrogen) atoms. The summed E-state index contributed by atoms with van der Waals surface area (Å²) in [5.41, 5.74) is 0.865. The van der Waals surface area contributed by atoms with Crippen LogP contribution in [-0.2, 0) is 16.0 Å². The van der Waals surface area contributed by atoms with E-state index in [2.05, 4.69) is 5.32 Å². The molecule has 0 radical (unpaired) electrons. The van der Waals surface area contributed by atoms with Crippen LogP contribution in [0.25, 0.3) is 10.8 Å². The van der Waals surface area contributed by atoms with Gasteiger partial charge in [0.2, 0.25) is 0 Å². The number of nitrogens with one attached hydrogen (secondary N) is 1. The van der Waals surface area contributed by atoms with E-state index >= 15 is 0 Å². The standard InChI is InChI=1S/C18H21NO4/c1-18(2,3)23-17(21)19-11-12-9-10-15(16(20)22-4)14-8-6-5-7-13(12)14/h5-10H,11H2,1-4H3,(H,19,21). The van der Waals surface area contributed by atoms with E-state index in [1.54, 1.807) is 6.07 Å². The number of esters is 1. The number of amides is 1. The lowest BCUT2D eigenvalue weighted by Gasteiger charge is -2.20. The summed E-state index contributed by atoms with van der Waals surface area (Å²) in [5.74, 6) is -0.382. The molecular formula is C18H21NO4. The van der Waals surface area contributed by atoms with E-state index in [-0.39, 0.29) is 5.97 Å². The number of benzene rings is 2. The zero-order chi connectivity index (χ0) is 17.0. The van der Waals surface area contributed by atoms with Crippen molar-refractivity contribution in [2.45, 2.75) is 32.9 Å². The molecule has 0 fully saturated rings.